The Labute approximate surface area is 202 Å². The monoisotopic (exact) mass is 504 g/mol. The lowest BCUT2D eigenvalue weighted by atomic mass is 9.82. The van der Waals surface area contributed by atoms with E-state index in [9.17, 15) is 14.7 Å². The average molecular weight is 505 g/mol. The highest BCUT2D eigenvalue weighted by Crippen LogP contribution is 2.48. The summed E-state index contributed by atoms with van der Waals surface area (Å²) < 4.78 is 1.86. The number of carboxylic acid groups (broad SMARTS) is 1. The van der Waals surface area contributed by atoms with Gasteiger partial charge in [-0.1, -0.05) is 53.2 Å². The maximum Gasteiger partial charge on any atom is 0.307 e. The van der Waals surface area contributed by atoms with Gasteiger partial charge in [0.1, 0.15) is 0 Å². The van der Waals surface area contributed by atoms with Gasteiger partial charge in [0.25, 0.3) is 0 Å². The van der Waals surface area contributed by atoms with Crippen LogP contribution in [0.15, 0.2) is 52.9 Å². The van der Waals surface area contributed by atoms with Crippen molar-refractivity contribution < 1.29 is 14.7 Å². The Morgan fingerprint density at radius 2 is 1.91 bits per heavy atom. The molecule has 9 heteroatoms. The Balaban J connectivity index is 1.29. The van der Waals surface area contributed by atoms with Gasteiger partial charge in [0, 0.05) is 21.5 Å². The van der Waals surface area contributed by atoms with Gasteiger partial charge in [-0.25, -0.2) is 4.98 Å². The van der Waals surface area contributed by atoms with Gasteiger partial charge in [-0.2, -0.15) is 0 Å². The predicted octanol–water partition coefficient (Wildman–Crippen LogP) is 6.36. The third-order valence-corrected chi connectivity index (χ3v) is 8.85. The fourth-order valence-corrected chi connectivity index (χ4v) is 7.23. The number of anilines is 1. The van der Waals surface area contributed by atoms with Crippen LogP contribution in [0, 0.1) is 23.7 Å². The number of halogens is 2. The number of thiazole rings is 1. The third kappa shape index (κ3) is 4.15. The van der Waals surface area contributed by atoms with Crippen LogP contribution in [0.4, 0.5) is 5.69 Å². The number of carbonyl (C=O) groups excluding carboxylic acids is 1. The minimum absolute atomic E-state index is 0.00377. The van der Waals surface area contributed by atoms with E-state index in [1.807, 2.05) is 42.5 Å². The molecule has 4 atom stereocenters. The number of aliphatic carboxylic acids is 1. The summed E-state index contributed by atoms with van der Waals surface area (Å²) in [5, 5.41) is 13.8. The van der Waals surface area contributed by atoms with E-state index >= 15 is 0 Å². The zero-order valence-electron chi connectivity index (χ0n) is 16.6. The number of allylic oxidation sites excluding steroid dienone is 2. The molecule has 164 valence electrons. The normalized spacial score (nSPS) is 23.7. The van der Waals surface area contributed by atoms with E-state index < -0.39 is 17.8 Å². The van der Waals surface area contributed by atoms with Gasteiger partial charge in [0.2, 0.25) is 5.91 Å². The van der Waals surface area contributed by atoms with E-state index in [1.165, 1.54) is 0 Å². The number of nitrogens with one attached hydrogen (secondary N) is 1. The van der Waals surface area contributed by atoms with Crippen LogP contribution in [0.5, 0.6) is 0 Å². The van der Waals surface area contributed by atoms with Crippen LogP contribution in [-0.2, 0) is 15.3 Å². The van der Waals surface area contributed by atoms with E-state index in [0.29, 0.717) is 21.5 Å². The van der Waals surface area contributed by atoms with Crippen LogP contribution in [0.1, 0.15) is 12.0 Å². The number of nitrogens with zero attached hydrogens (tertiary/aromatic N) is 1. The number of carbonyl (C=O) groups is 2. The molecular weight excluding hydrogens is 487 g/mol. The molecule has 0 unspecified atom stereocenters. The molecule has 32 heavy (non-hydrogen) atoms. The van der Waals surface area contributed by atoms with Gasteiger partial charge < -0.3 is 10.4 Å². The molecule has 2 aliphatic carbocycles. The van der Waals surface area contributed by atoms with Crippen LogP contribution in [-0.4, -0.2) is 22.0 Å². The number of hydrogen-bond acceptors (Lipinski definition) is 5. The smallest absolute Gasteiger partial charge is 0.307 e. The van der Waals surface area contributed by atoms with Crippen molar-refractivity contribution in [1.82, 2.24) is 4.98 Å². The summed E-state index contributed by atoms with van der Waals surface area (Å²) in [5.74, 6) is -1.70. The van der Waals surface area contributed by atoms with Crippen molar-refractivity contribution in [3.63, 3.8) is 0 Å². The zero-order valence-corrected chi connectivity index (χ0v) is 19.8. The lowest BCUT2D eigenvalue weighted by molar-refractivity contribution is -0.146. The molecule has 1 amide bonds. The van der Waals surface area contributed by atoms with Gasteiger partial charge >= 0.3 is 5.97 Å². The van der Waals surface area contributed by atoms with E-state index in [0.717, 1.165) is 26.5 Å². The summed E-state index contributed by atoms with van der Waals surface area (Å²) in [6, 6.07) is 11.0. The maximum absolute atomic E-state index is 12.9. The van der Waals surface area contributed by atoms with Crippen molar-refractivity contribution in [2.24, 2.45) is 23.7 Å². The highest BCUT2D eigenvalue weighted by molar-refractivity contribution is 8.00. The molecule has 1 fully saturated rings. The van der Waals surface area contributed by atoms with Gasteiger partial charge in [0.15, 0.2) is 4.34 Å². The molecule has 5 rings (SSSR count). The molecule has 1 heterocycles. The van der Waals surface area contributed by atoms with Crippen molar-refractivity contribution in [2.75, 3.05) is 5.32 Å². The molecule has 2 N–H and O–H groups in total. The van der Waals surface area contributed by atoms with Crippen LogP contribution in [0.3, 0.4) is 0 Å². The van der Waals surface area contributed by atoms with E-state index in [1.54, 1.807) is 29.2 Å². The quantitative estimate of drug-likeness (QED) is 0.301. The molecule has 0 aliphatic heterocycles. The van der Waals surface area contributed by atoms with Gasteiger partial charge in [-0.15, -0.1) is 11.3 Å². The van der Waals surface area contributed by atoms with Crippen LogP contribution < -0.4 is 5.32 Å². The van der Waals surface area contributed by atoms with Crippen LogP contribution in [0.25, 0.3) is 10.2 Å². The molecule has 5 nitrogen and oxygen atoms in total. The number of rotatable bonds is 6. The molecule has 0 spiro atoms. The summed E-state index contributed by atoms with van der Waals surface area (Å²) >= 11 is 15.3. The van der Waals surface area contributed by atoms with Crippen molar-refractivity contribution in [3.05, 3.63) is 64.2 Å². The molecular formula is C23H18Cl2N2O3S2. The summed E-state index contributed by atoms with van der Waals surface area (Å²) in [7, 11) is 0. The molecule has 1 saturated carbocycles. The zero-order chi connectivity index (χ0) is 22.4. The number of carboxylic acids is 1. The third-order valence-electron chi connectivity index (χ3n) is 6.05. The Morgan fingerprint density at radius 1 is 1.12 bits per heavy atom. The highest BCUT2D eigenvalue weighted by Gasteiger charge is 2.51. The summed E-state index contributed by atoms with van der Waals surface area (Å²) in [5.41, 5.74) is 2.49. The number of benzene rings is 2. The minimum Gasteiger partial charge on any atom is -0.481 e. The Hall–Kier alpha value is -2.06. The Morgan fingerprint density at radius 3 is 2.66 bits per heavy atom. The average Bonchev–Trinajstić information content (AvgIpc) is 3.46. The standard InChI is InChI=1S/C23H18Cl2N2O3S2/c24-14-4-3-13(16(25)8-14)10-31-23-27-17-6-5-15(9-18(17)32-23)26-21(28)19-11-1-2-12(7-11)20(19)22(29)30/h1-6,8-9,11-12,19-20H,7,10H2,(H,26,28)(H,29,30)/t11-,12-,19+,20-/m0/s1. The SMILES string of the molecule is O=C(O)[C@@H]1[C@H](C(=O)Nc2ccc3nc(SCc4ccc(Cl)cc4Cl)sc3c2)[C@H]2C=C[C@H]1C2. The molecule has 1 aromatic heterocycles. The first-order valence-electron chi connectivity index (χ1n) is 10.1. The Kier molecular flexibility index (Phi) is 5.92. The fourth-order valence-electron chi connectivity index (χ4n) is 4.56. The second-order valence-electron chi connectivity index (χ2n) is 8.01. The van der Waals surface area contributed by atoms with Gasteiger partial charge in [-0.3, -0.25) is 9.59 Å². The van der Waals surface area contributed by atoms with E-state index in [4.69, 9.17) is 23.2 Å². The van der Waals surface area contributed by atoms with Crippen molar-refractivity contribution >= 4 is 74.1 Å². The van der Waals surface area contributed by atoms with E-state index in [-0.39, 0.29) is 17.7 Å². The van der Waals surface area contributed by atoms with Gasteiger partial charge in [0.05, 0.1) is 22.1 Å². The Bertz CT molecular complexity index is 1260. The number of aromatic nitrogens is 1. The molecule has 2 aromatic carbocycles. The minimum atomic E-state index is -0.901. The molecule has 2 aliphatic rings. The maximum atomic E-state index is 12.9. The highest BCUT2D eigenvalue weighted by atomic mass is 35.5. The second-order valence-corrected chi connectivity index (χ2v) is 11.1. The number of fused-ring (bicyclic) bond motifs is 3. The van der Waals surface area contributed by atoms with Crippen LogP contribution >= 0.6 is 46.3 Å². The number of hydrogen-bond donors (Lipinski definition) is 2. The molecule has 3 aromatic rings. The fraction of sp³-hybridized carbons (Fsp3) is 0.261. The lowest BCUT2D eigenvalue weighted by Gasteiger charge is -2.23. The first-order chi connectivity index (χ1) is 15.4. The van der Waals surface area contributed by atoms with Crippen LogP contribution in [0.2, 0.25) is 10.0 Å². The molecule has 2 bridgehead atoms. The lowest BCUT2D eigenvalue weighted by Crippen LogP contribution is -2.36. The summed E-state index contributed by atoms with van der Waals surface area (Å²) in [4.78, 5) is 29.3. The topological polar surface area (TPSA) is 79.3 Å². The molecule has 0 saturated heterocycles. The summed E-state index contributed by atoms with van der Waals surface area (Å²) in [6.45, 7) is 0. The van der Waals surface area contributed by atoms with Crippen molar-refractivity contribution in [3.8, 4) is 0 Å². The van der Waals surface area contributed by atoms with Crippen molar-refractivity contribution in [2.45, 2.75) is 16.5 Å². The number of amides is 1. The van der Waals surface area contributed by atoms with Gasteiger partial charge in [-0.05, 0) is 54.2 Å². The predicted molar refractivity (Wildman–Crippen MR) is 130 cm³/mol. The largest absolute Gasteiger partial charge is 0.481 e. The summed E-state index contributed by atoms with van der Waals surface area (Å²) in [6.07, 6.45) is 4.66. The van der Waals surface area contributed by atoms with Crippen molar-refractivity contribution in [1.29, 1.82) is 0 Å². The van der Waals surface area contributed by atoms with E-state index in [2.05, 4.69) is 10.3 Å². The number of thioether (sulfide) groups is 1. The molecule has 0 radical (unpaired) electrons. The second kappa shape index (κ2) is 8.71. The first kappa shape index (κ1) is 21.8. The first-order valence-corrected chi connectivity index (χ1v) is 12.6.